The number of hydrogen-bond donors (Lipinski definition) is 2. The molecule has 1 aliphatic heterocycles. The van der Waals surface area contributed by atoms with Crippen LogP contribution in [0.2, 0.25) is 0 Å². The first-order chi connectivity index (χ1) is 9.68. The van der Waals surface area contributed by atoms with Crippen molar-refractivity contribution in [1.82, 2.24) is 15.5 Å². The Morgan fingerprint density at radius 3 is 2.70 bits per heavy atom. The Hall–Kier alpha value is -1.10. The van der Waals surface area contributed by atoms with Gasteiger partial charge >= 0.3 is 0 Å². The zero-order valence-electron chi connectivity index (χ0n) is 12.5. The van der Waals surface area contributed by atoms with Crippen molar-refractivity contribution in [1.29, 1.82) is 0 Å². The average Bonchev–Trinajstić information content (AvgIpc) is 2.48. The first kappa shape index (κ1) is 15.3. The van der Waals surface area contributed by atoms with E-state index >= 15 is 0 Å². The molecule has 0 unspecified atom stereocenters. The fraction of sp³-hybridized carbons (Fsp3) is 0.867. The number of nitrogens with zero attached hydrogens (tertiary/aromatic N) is 1. The summed E-state index contributed by atoms with van der Waals surface area (Å²) in [5, 5.41) is 6.21. The summed E-state index contributed by atoms with van der Waals surface area (Å²) in [6, 6.07) is 0.255. The third-order valence-corrected chi connectivity index (χ3v) is 4.44. The van der Waals surface area contributed by atoms with Crippen molar-refractivity contribution in [3.63, 3.8) is 0 Å². The third kappa shape index (κ3) is 4.20. The van der Waals surface area contributed by atoms with Gasteiger partial charge in [-0.15, -0.1) is 0 Å². The molecule has 1 atom stereocenters. The lowest BCUT2D eigenvalue weighted by molar-refractivity contribution is -0.134. The van der Waals surface area contributed by atoms with Gasteiger partial charge in [-0.1, -0.05) is 19.3 Å². The lowest BCUT2D eigenvalue weighted by Gasteiger charge is -2.34. The molecule has 0 bridgehead atoms. The van der Waals surface area contributed by atoms with E-state index in [-0.39, 0.29) is 23.8 Å². The van der Waals surface area contributed by atoms with Gasteiger partial charge in [0.1, 0.15) is 0 Å². The van der Waals surface area contributed by atoms with Crippen molar-refractivity contribution in [2.75, 3.05) is 26.2 Å². The number of piperazine rings is 1. The lowest BCUT2D eigenvalue weighted by Crippen LogP contribution is -2.52. The summed E-state index contributed by atoms with van der Waals surface area (Å²) < 4.78 is 0. The second-order valence-corrected chi connectivity index (χ2v) is 6.02. The molecule has 2 amide bonds. The molecule has 20 heavy (non-hydrogen) atoms. The zero-order chi connectivity index (χ0) is 14.4. The SMILES string of the molecule is C[C@@H]1CNCCN1C(=O)CCNC(=O)C1CCCCC1. The van der Waals surface area contributed by atoms with Crippen molar-refractivity contribution >= 4 is 11.8 Å². The Balaban J connectivity index is 1.66. The maximum atomic E-state index is 12.1. The van der Waals surface area contributed by atoms with Gasteiger partial charge in [0.25, 0.3) is 0 Å². The molecule has 114 valence electrons. The van der Waals surface area contributed by atoms with Crippen LogP contribution in [0.15, 0.2) is 0 Å². The Labute approximate surface area is 121 Å². The van der Waals surface area contributed by atoms with Crippen molar-refractivity contribution in [3.8, 4) is 0 Å². The molecule has 0 aromatic heterocycles. The molecule has 0 aromatic rings. The Morgan fingerprint density at radius 1 is 1.25 bits per heavy atom. The standard InChI is InChI=1S/C15H27N3O2/c1-12-11-16-9-10-18(12)14(19)7-8-17-15(20)13-5-3-2-4-6-13/h12-13,16H,2-11H2,1H3,(H,17,20)/t12-/m1/s1. The van der Waals surface area contributed by atoms with Gasteiger partial charge < -0.3 is 15.5 Å². The minimum atomic E-state index is 0.144. The van der Waals surface area contributed by atoms with E-state index in [9.17, 15) is 9.59 Å². The molecular weight excluding hydrogens is 254 g/mol. The predicted molar refractivity (Wildman–Crippen MR) is 78.2 cm³/mol. The molecule has 2 rings (SSSR count). The number of carbonyl (C=O) groups excluding carboxylic acids is 2. The number of hydrogen-bond acceptors (Lipinski definition) is 3. The molecule has 1 aliphatic carbocycles. The number of rotatable bonds is 4. The van der Waals surface area contributed by atoms with Crippen LogP contribution in [0.3, 0.4) is 0 Å². The van der Waals surface area contributed by atoms with Crippen LogP contribution in [0.1, 0.15) is 45.4 Å². The minimum Gasteiger partial charge on any atom is -0.355 e. The van der Waals surface area contributed by atoms with Crippen LogP contribution in [0, 0.1) is 5.92 Å². The van der Waals surface area contributed by atoms with Crippen LogP contribution in [0.25, 0.3) is 0 Å². The normalized spacial score (nSPS) is 24.4. The molecule has 5 nitrogen and oxygen atoms in total. The Bertz CT molecular complexity index is 340. The van der Waals surface area contributed by atoms with Crippen LogP contribution in [-0.4, -0.2) is 48.9 Å². The van der Waals surface area contributed by atoms with Crippen molar-refractivity contribution in [3.05, 3.63) is 0 Å². The highest BCUT2D eigenvalue weighted by atomic mass is 16.2. The molecule has 0 spiro atoms. The lowest BCUT2D eigenvalue weighted by atomic mass is 9.89. The van der Waals surface area contributed by atoms with Crippen LogP contribution >= 0.6 is 0 Å². The Morgan fingerprint density at radius 2 is 2.00 bits per heavy atom. The highest BCUT2D eigenvalue weighted by molar-refractivity contribution is 5.80. The fourth-order valence-electron chi connectivity index (χ4n) is 3.16. The summed E-state index contributed by atoms with van der Waals surface area (Å²) in [6.07, 6.45) is 6.01. The molecule has 1 heterocycles. The van der Waals surface area contributed by atoms with E-state index in [1.54, 1.807) is 0 Å². The average molecular weight is 281 g/mol. The summed E-state index contributed by atoms with van der Waals surface area (Å²) in [5.41, 5.74) is 0. The minimum absolute atomic E-state index is 0.144. The van der Waals surface area contributed by atoms with E-state index in [0.717, 1.165) is 45.3 Å². The monoisotopic (exact) mass is 281 g/mol. The quantitative estimate of drug-likeness (QED) is 0.804. The molecule has 0 aromatic carbocycles. The van der Waals surface area contributed by atoms with E-state index in [1.807, 2.05) is 4.90 Å². The first-order valence-corrected chi connectivity index (χ1v) is 7.96. The molecule has 2 fully saturated rings. The van der Waals surface area contributed by atoms with Crippen LogP contribution in [0.4, 0.5) is 0 Å². The largest absolute Gasteiger partial charge is 0.355 e. The highest BCUT2D eigenvalue weighted by Crippen LogP contribution is 2.23. The predicted octanol–water partition coefficient (Wildman–Crippen LogP) is 0.893. The molecule has 1 saturated heterocycles. The highest BCUT2D eigenvalue weighted by Gasteiger charge is 2.24. The number of amides is 2. The second kappa shape index (κ2) is 7.62. The maximum Gasteiger partial charge on any atom is 0.224 e. The van der Waals surface area contributed by atoms with Gasteiger partial charge in [-0.25, -0.2) is 0 Å². The van der Waals surface area contributed by atoms with Crippen molar-refractivity contribution in [2.45, 2.75) is 51.5 Å². The van der Waals surface area contributed by atoms with Gasteiger partial charge in [0.15, 0.2) is 0 Å². The molecular formula is C15H27N3O2. The van der Waals surface area contributed by atoms with Crippen molar-refractivity contribution in [2.24, 2.45) is 5.92 Å². The van der Waals surface area contributed by atoms with Gasteiger partial charge in [-0.2, -0.15) is 0 Å². The zero-order valence-corrected chi connectivity index (χ0v) is 12.5. The third-order valence-electron chi connectivity index (χ3n) is 4.44. The van der Waals surface area contributed by atoms with E-state index in [0.29, 0.717) is 13.0 Å². The molecule has 0 radical (unpaired) electrons. The summed E-state index contributed by atoms with van der Waals surface area (Å²) in [6.45, 7) is 5.04. The van der Waals surface area contributed by atoms with E-state index in [4.69, 9.17) is 0 Å². The van der Waals surface area contributed by atoms with Gasteiger partial charge in [-0.05, 0) is 19.8 Å². The fourth-order valence-corrected chi connectivity index (χ4v) is 3.16. The van der Waals surface area contributed by atoms with E-state index in [2.05, 4.69) is 17.6 Å². The van der Waals surface area contributed by atoms with Gasteiger partial charge in [-0.3, -0.25) is 9.59 Å². The van der Waals surface area contributed by atoms with Crippen LogP contribution in [0.5, 0.6) is 0 Å². The molecule has 2 N–H and O–H groups in total. The molecule has 5 heteroatoms. The van der Waals surface area contributed by atoms with Crippen molar-refractivity contribution < 1.29 is 9.59 Å². The topological polar surface area (TPSA) is 61.4 Å². The summed E-state index contributed by atoms with van der Waals surface area (Å²) in [4.78, 5) is 26.0. The second-order valence-electron chi connectivity index (χ2n) is 6.02. The van der Waals surface area contributed by atoms with Crippen LogP contribution in [-0.2, 0) is 9.59 Å². The van der Waals surface area contributed by atoms with E-state index in [1.165, 1.54) is 6.42 Å². The summed E-state index contributed by atoms with van der Waals surface area (Å²) >= 11 is 0. The molecule has 2 aliphatic rings. The summed E-state index contributed by atoms with van der Waals surface area (Å²) in [7, 11) is 0. The molecule has 1 saturated carbocycles. The smallest absolute Gasteiger partial charge is 0.224 e. The van der Waals surface area contributed by atoms with E-state index < -0.39 is 0 Å². The Kier molecular flexibility index (Phi) is 5.83. The first-order valence-electron chi connectivity index (χ1n) is 7.96. The number of nitrogens with one attached hydrogen (secondary N) is 2. The van der Waals surface area contributed by atoms with Crippen LogP contribution < -0.4 is 10.6 Å². The van der Waals surface area contributed by atoms with Gasteiger partial charge in [0.2, 0.25) is 11.8 Å². The van der Waals surface area contributed by atoms with Gasteiger partial charge in [0, 0.05) is 44.6 Å². The summed E-state index contributed by atoms with van der Waals surface area (Å²) in [5.74, 6) is 0.478. The maximum absolute atomic E-state index is 12.1. The number of carbonyl (C=O) groups is 2. The van der Waals surface area contributed by atoms with Gasteiger partial charge in [0.05, 0.1) is 0 Å².